The third-order valence-electron chi connectivity index (χ3n) is 5.15. The first-order valence-corrected chi connectivity index (χ1v) is 10.3. The molecule has 2 N–H and O–H groups in total. The molecule has 0 aromatic heterocycles. The van der Waals surface area contributed by atoms with Gasteiger partial charge in [-0.15, -0.1) is 24.0 Å². The molecule has 1 aromatic carbocycles. The summed E-state index contributed by atoms with van der Waals surface area (Å²) in [5.74, 6) is 2.02. The minimum atomic E-state index is -4.11. The molecule has 172 valence electrons. The van der Waals surface area contributed by atoms with Crippen LogP contribution in [0.5, 0.6) is 5.75 Å². The number of guanidine groups is 1. The normalized spacial score (nSPS) is 16.1. The minimum absolute atomic E-state index is 0. The summed E-state index contributed by atoms with van der Waals surface area (Å²) in [7, 11) is 1.66. The molecule has 5 nitrogen and oxygen atoms in total. The first-order chi connectivity index (χ1) is 13.8. The van der Waals surface area contributed by atoms with Crippen molar-refractivity contribution in [3.05, 3.63) is 29.3 Å². The summed E-state index contributed by atoms with van der Waals surface area (Å²) in [4.78, 5) is 6.14. The van der Waals surface area contributed by atoms with Gasteiger partial charge in [-0.05, 0) is 63.7 Å². The second-order valence-electron chi connectivity index (χ2n) is 7.56. The molecule has 0 amide bonds. The van der Waals surface area contributed by atoms with Gasteiger partial charge in [-0.3, -0.25) is 4.90 Å². The van der Waals surface area contributed by atoms with E-state index >= 15 is 0 Å². The summed E-state index contributed by atoms with van der Waals surface area (Å²) in [6.07, 6.45) is -1.55. The molecule has 1 aliphatic rings. The fourth-order valence-electron chi connectivity index (χ4n) is 3.57. The van der Waals surface area contributed by atoms with Crippen molar-refractivity contribution in [2.45, 2.75) is 45.8 Å². The van der Waals surface area contributed by atoms with E-state index in [0.717, 1.165) is 55.2 Å². The number of aryl methyl sites for hydroxylation is 1. The van der Waals surface area contributed by atoms with Gasteiger partial charge in [0.25, 0.3) is 0 Å². The fraction of sp³-hybridized carbons (Fsp3) is 0.667. The Morgan fingerprint density at radius 1 is 1.23 bits per heavy atom. The quantitative estimate of drug-likeness (QED) is 0.292. The molecule has 1 aromatic rings. The molecular formula is C21H34F3IN4O. The number of methoxy groups -OCH3 is 1. The van der Waals surface area contributed by atoms with Crippen molar-refractivity contribution in [2.24, 2.45) is 10.9 Å². The molecule has 0 spiro atoms. The molecule has 0 unspecified atom stereocenters. The largest absolute Gasteiger partial charge is 0.496 e. The van der Waals surface area contributed by atoms with Crippen LogP contribution in [-0.2, 0) is 6.54 Å². The number of rotatable bonds is 8. The van der Waals surface area contributed by atoms with Crippen molar-refractivity contribution < 1.29 is 17.9 Å². The highest BCUT2D eigenvalue weighted by molar-refractivity contribution is 14.0. The molecule has 30 heavy (non-hydrogen) atoms. The second-order valence-corrected chi connectivity index (χ2v) is 7.56. The van der Waals surface area contributed by atoms with Gasteiger partial charge in [0.2, 0.25) is 0 Å². The van der Waals surface area contributed by atoms with Gasteiger partial charge in [0, 0.05) is 18.7 Å². The van der Waals surface area contributed by atoms with Crippen LogP contribution < -0.4 is 15.4 Å². The van der Waals surface area contributed by atoms with Crippen molar-refractivity contribution in [1.82, 2.24) is 15.5 Å². The van der Waals surface area contributed by atoms with Crippen molar-refractivity contribution >= 4 is 29.9 Å². The van der Waals surface area contributed by atoms with Crippen LogP contribution in [-0.4, -0.2) is 56.9 Å². The number of nitrogens with one attached hydrogen (secondary N) is 2. The van der Waals surface area contributed by atoms with E-state index in [1.165, 1.54) is 4.90 Å². The first-order valence-electron chi connectivity index (χ1n) is 10.3. The topological polar surface area (TPSA) is 48.9 Å². The fourth-order valence-corrected chi connectivity index (χ4v) is 3.57. The van der Waals surface area contributed by atoms with Gasteiger partial charge in [-0.1, -0.05) is 12.1 Å². The number of hydrogen-bond donors (Lipinski definition) is 2. The SMILES string of the molecule is CCNC(=NCc1ccc(C)cc1OC)NCCC1CCN(CC(F)(F)F)CC1.I. The third kappa shape index (κ3) is 9.72. The highest BCUT2D eigenvalue weighted by Crippen LogP contribution is 2.24. The van der Waals surface area contributed by atoms with E-state index < -0.39 is 12.7 Å². The molecule has 0 bridgehead atoms. The maximum atomic E-state index is 12.5. The van der Waals surface area contributed by atoms with Gasteiger partial charge < -0.3 is 15.4 Å². The average molecular weight is 542 g/mol. The van der Waals surface area contributed by atoms with E-state index in [-0.39, 0.29) is 24.0 Å². The molecule has 1 saturated heterocycles. The predicted molar refractivity (Wildman–Crippen MR) is 126 cm³/mol. The van der Waals surface area contributed by atoms with Crippen LogP contribution in [0.15, 0.2) is 23.2 Å². The van der Waals surface area contributed by atoms with Gasteiger partial charge >= 0.3 is 6.18 Å². The molecule has 0 aliphatic carbocycles. The van der Waals surface area contributed by atoms with Crippen LogP contribution >= 0.6 is 24.0 Å². The number of ether oxygens (including phenoxy) is 1. The Bertz CT molecular complexity index is 662. The molecular weight excluding hydrogens is 508 g/mol. The van der Waals surface area contributed by atoms with Gasteiger partial charge in [0.05, 0.1) is 20.2 Å². The number of benzene rings is 1. The van der Waals surface area contributed by atoms with Crippen molar-refractivity contribution in [1.29, 1.82) is 0 Å². The lowest BCUT2D eigenvalue weighted by Gasteiger charge is -2.32. The summed E-state index contributed by atoms with van der Waals surface area (Å²) in [5.41, 5.74) is 2.16. The lowest BCUT2D eigenvalue weighted by atomic mass is 9.93. The molecule has 0 saturated carbocycles. The molecule has 9 heteroatoms. The van der Waals surface area contributed by atoms with Gasteiger partial charge in [-0.25, -0.2) is 4.99 Å². The second kappa shape index (κ2) is 13.2. The number of piperidine rings is 1. The van der Waals surface area contributed by atoms with Gasteiger partial charge in [-0.2, -0.15) is 13.2 Å². The first kappa shape index (κ1) is 26.8. The van der Waals surface area contributed by atoms with Crippen molar-refractivity contribution in [2.75, 3.05) is 39.8 Å². The molecule has 2 rings (SSSR count). The Labute approximate surface area is 194 Å². The van der Waals surface area contributed by atoms with E-state index in [2.05, 4.69) is 15.6 Å². The van der Waals surface area contributed by atoms with Gasteiger partial charge in [0.15, 0.2) is 5.96 Å². The predicted octanol–water partition coefficient (Wildman–Crippen LogP) is 4.34. The number of aliphatic imine (C=N–C) groups is 1. The van der Waals surface area contributed by atoms with E-state index in [1.54, 1.807) is 7.11 Å². The standard InChI is InChI=1S/C21H33F3N4O.HI/c1-4-25-20(27-14-18-6-5-16(2)13-19(18)29-3)26-10-7-17-8-11-28(12-9-17)15-21(22,23)24;/h5-6,13,17H,4,7-12,14-15H2,1-3H3,(H2,25,26,27);1H. The van der Waals surface area contributed by atoms with Crippen LogP contribution in [0.3, 0.4) is 0 Å². The van der Waals surface area contributed by atoms with E-state index in [4.69, 9.17) is 4.74 Å². The summed E-state index contributed by atoms with van der Waals surface area (Å²) < 4.78 is 42.9. The van der Waals surface area contributed by atoms with E-state index in [1.807, 2.05) is 32.0 Å². The van der Waals surface area contributed by atoms with Crippen LogP contribution in [0.1, 0.15) is 37.3 Å². The van der Waals surface area contributed by atoms with Crippen molar-refractivity contribution in [3.63, 3.8) is 0 Å². The number of nitrogens with zero attached hydrogens (tertiary/aromatic N) is 2. The Hall–Kier alpha value is -1.23. The Morgan fingerprint density at radius 3 is 2.53 bits per heavy atom. The van der Waals surface area contributed by atoms with Crippen LogP contribution in [0, 0.1) is 12.8 Å². The highest BCUT2D eigenvalue weighted by atomic mass is 127. The molecule has 0 atom stereocenters. The number of hydrogen-bond acceptors (Lipinski definition) is 3. The monoisotopic (exact) mass is 542 g/mol. The van der Waals surface area contributed by atoms with E-state index in [0.29, 0.717) is 25.6 Å². The average Bonchev–Trinajstić information content (AvgIpc) is 2.67. The lowest BCUT2D eigenvalue weighted by molar-refractivity contribution is -0.148. The summed E-state index contributed by atoms with van der Waals surface area (Å²) in [6.45, 7) is 6.30. The molecule has 1 heterocycles. The molecule has 1 fully saturated rings. The van der Waals surface area contributed by atoms with Crippen LogP contribution in [0.4, 0.5) is 13.2 Å². The summed E-state index contributed by atoms with van der Waals surface area (Å²) in [5, 5.41) is 6.58. The lowest BCUT2D eigenvalue weighted by Crippen LogP contribution is -2.41. The molecule has 1 aliphatic heterocycles. The minimum Gasteiger partial charge on any atom is -0.496 e. The van der Waals surface area contributed by atoms with Gasteiger partial charge in [0.1, 0.15) is 5.75 Å². The smallest absolute Gasteiger partial charge is 0.401 e. The summed E-state index contributed by atoms with van der Waals surface area (Å²) >= 11 is 0. The number of halogens is 4. The third-order valence-corrected chi connectivity index (χ3v) is 5.15. The van der Waals surface area contributed by atoms with Crippen molar-refractivity contribution in [3.8, 4) is 5.75 Å². The maximum Gasteiger partial charge on any atom is 0.401 e. The Balaban J connectivity index is 0.00000450. The Morgan fingerprint density at radius 2 is 1.93 bits per heavy atom. The maximum absolute atomic E-state index is 12.5. The number of alkyl halides is 3. The zero-order valence-corrected chi connectivity index (χ0v) is 20.3. The zero-order chi connectivity index (χ0) is 21.3. The zero-order valence-electron chi connectivity index (χ0n) is 18.0. The highest BCUT2D eigenvalue weighted by Gasteiger charge is 2.32. The van der Waals surface area contributed by atoms with Crippen LogP contribution in [0.2, 0.25) is 0 Å². The number of likely N-dealkylation sites (tertiary alicyclic amines) is 1. The van der Waals surface area contributed by atoms with Crippen LogP contribution in [0.25, 0.3) is 0 Å². The molecule has 0 radical (unpaired) electrons. The Kier molecular flexibility index (Phi) is 11.8. The van der Waals surface area contributed by atoms with E-state index in [9.17, 15) is 13.2 Å². The summed E-state index contributed by atoms with van der Waals surface area (Å²) in [6, 6.07) is 6.06.